The Bertz CT molecular complexity index is 1150. The van der Waals surface area contributed by atoms with Crippen molar-refractivity contribution in [1.29, 1.82) is 0 Å². The Morgan fingerprint density at radius 3 is 2.31 bits per heavy atom. The maximum atomic E-state index is 13.5. The number of carbonyl (C=O) groups excluding carboxylic acids is 2. The second-order valence-corrected chi connectivity index (χ2v) is 9.56. The number of hydrogen-bond donors (Lipinski definition) is 1. The standard InChI is InChI=1S/C28H30Cl2N2O3/c1-19(2)31-28(34)26(16-21-8-5-4-6-9-21)32(17-22-10-7-11-23(29)15-22)27(33)18-35-24-12-13-25(30)20(3)14-24/h4-15,19,26H,16-18H2,1-3H3,(H,31,34)/t26-/m1/s1. The summed E-state index contributed by atoms with van der Waals surface area (Å²) in [7, 11) is 0. The minimum Gasteiger partial charge on any atom is -0.484 e. The topological polar surface area (TPSA) is 58.6 Å². The first-order valence-corrected chi connectivity index (χ1v) is 12.3. The molecule has 0 aliphatic carbocycles. The van der Waals surface area contributed by atoms with Gasteiger partial charge < -0.3 is 15.0 Å². The van der Waals surface area contributed by atoms with Gasteiger partial charge in [0.15, 0.2) is 6.61 Å². The monoisotopic (exact) mass is 512 g/mol. The molecule has 0 bridgehead atoms. The molecule has 0 saturated carbocycles. The van der Waals surface area contributed by atoms with Gasteiger partial charge in [0.1, 0.15) is 11.8 Å². The van der Waals surface area contributed by atoms with Gasteiger partial charge in [-0.3, -0.25) is 9.59 Å². The molecule has 0 spiro atoms. The number of halogens is 2. The molecule has 0 radical (unpaired) electrons. The zero-order chi connectivity index (χ0) is 25.4. The molecule has 3 rings (SSSR count). The lowest BCUT2D eigenvalue weighted by Gasteiger charge is -2.32. The van der Waals surface area contributed by atoms with Crippen molar-refractivity contribution in [2.75, 3.05) is 6.61 Å². The zero-order valence-corrected chi connectivity index (χ0v) is 21.6. The molecule has 0 saturated heterocycles. The molecular formula is C28H30Cl2N2O3. The minimum atomic E-state index is -0.734. The van der Waals surface area contributed by atoms with E-state index in [1.807, 2.05) is 63.2 Å². The van der Waals surface area contributed by atoms with Crippen molar-refractivity contribution in [3.05, 3.63) is 99.5 Å². The third-order valence-corrected chi connectivity index (χ3v) is 6.09. The van der Waals surface area contributed by atoms with Crippen LogP contribution < -0.4 is 10.1 Å². The van der Waals surface area contributed by atoms with Gasteiger partial charge in [-0.15, -0.1) is 0 Å². The summed E-state index contributed by atoms with van der Waals surface area (Å²) >= 11 is 12.3. The van der Waals surface area contributed by atoms with Crippen LogP contribution in [0, 0.1) is 6.92 Å². The molecule has 2 amide bonds. The van der Waals surface area contributed by atoms with Crippen molar-refractivity contribution < 1.29 is 14.3 Å². The van der Waals surface area contributed by atoms with E-state index in [0.29, 0.717) is 22.2 Å². The van der Waals surface area contributed by atoms with E-state index in [1.165, 1.54) is 0 Å². The van der Waals surface area contributed by atoms with Crippen LogP contribution in [0.2, 0.25) is 10.0 Å². The largest absolute Gasteiger partial charge is 0.484 e. The van der Waals surface area contributed by atoms with Gasteiger partial charge in [-0.05, 0) is 67.8 Å². The SMILES string of the molecule is Cc1cc(OCC(=O)N(Cc2cccc(Cl)c2)[C@H](Cc2ccccc2)C(=O)NC(C)C)ccc1Cl. The van der Waals surface area contributed by atoms with Crippen molar-refractivity contribution in [2.45, 2.75) is 45.8 Å². The van der Waals surface area contributed by atoms with Crippen molar-refractivity contribution >= 4 is 35.0 Å². The van der Waals surface area contributed by atoms with E-state index < -0.39 is 6.04 Å². The van der Waals surface area contributed by atoms with Crippen molar-refractivity contribution in [3.63, 3.8) is 0 Å². The summed E-state index contributed by atoms with van der Waals surface area (Å²) in [5.41, 5.74) is 2.63. The summed E-state index contributed by atoms with van der Waals surface area (Å²) in [6.07, 6.45) is 0.367. The first kappa shape index (κ1) is 26.6. The third kappa shape index (κ3) is 8.01. The molecule has 1 N–H and O–H groups in total. The van der Waals surface area contributed by atoms with Gasteiger partial charge in [0.2, 0.25) is 5.91 Å². The highest BCUT2D eigenvalue weighted by Gasteiger charge is 2.31. The van der Waals surface area contributed by atoms with Gasteiger partial charge in [-0.1, -0.05) is 65.7 Å². The van der Waals surface area contributed by atoms with E-state index in [9.17, 15) is 9.59 Å². The Balaban J connectivity index is 1.91. The molecule has 0 heterocycles. The van der Waals surface area contributed by atoms with Crippen LogP contribution in [0.5, 0.6) is 5.75 Å². The molecule has 184 valence electrons. The number of amides is 2. The van der Waals surface area contributed by atoms with E-state index in [1.54, 1.807) is 35.2 Å². The Hall–Kier alpha value is -3.02. The number of benzene rings is 3. The van der Waals surface area contributed by atoms with Crippen LogP contribution in [0.25, 0.3) is 0 Å². The van der Waals surface area contributed by atoms with Crippen molar-refractivity contribution in [3.8, 4) is 5.75 Å². The van der Waals surface area contributed by atoms with Crippen LogP contribution in [0.15, 0.2) is 72.8 Å². The van der Waals surface area contributed by atoms with Gasteiger partial charge in [0, 0.05) is 29.1 Å². The van der Waals surface area contributed by atoms with Crippen LogP contribution in [0.3, 0.4) is 0 Å². The predicted octanol–water partition coefficient (Wildman–Crippen LogP) is 5.85. The number of rotatable bonds is 10. The predicted molar refractivity (Wildman–Crippen MR) is 141 cm³/mol. The molecule has 1 atom stereocenters. The van der Waals surface area contributed by atoms with E-state index in [4.69, 9.17) is 27.9 Å². The Morgan fingerprint density at radius 1 is 0.943 bits per heavy atom. The first-order valence-electron chi connectivity index (χ1n) is 11.5. The fourth-order valence-electron chi connectivity index (χ4n) is 3.70. The average Bonchev–Trinajstić information content (AvgIpc) is 2.82. The van der Waals surface area contributed by atoms with Gasteiger partial charge in [-0.25, -0.2) is 0 Å². The fourth-order valence-corrected chi connectivity index (χ4v) is 4.03. The molecule has 0 aliphatic heterocycles. The molecule has 0 aromatic heterocycles. The van der Waals surface area contributed by atoms with E-state index in [2.05, 4.69) is 5.32 Å². The van der Waals surface area contributed by atoms with Crippen LogP contribution >= 0.6 is 23.2 Å². The second-order valence-electron chi connectivity index (χ2n) is 8.72. The summed E-state index contributed by atoms with van der Waals surface area (Å²) in [5, 5.41) is 4.16. The molecule has 0 unspecified atom stereocenters. The van der Waals surface area contributed by atoms with Crippen LogP contribution in [-0.4, -0.2) is 35.4 Å². The highest BCUT2D eigenvalue weighted by atomic mass is 35.5. The van der Waals surface area contributed by atoms with Gasteiger partial charge in [0.25, 0.3) is 5.91 Å². The number of carbonyl (C=O) groups is 2. The maximum Gasteiger partial charge on any atom is 0.261 e. The summed E-state index contributed by atoms with van der Waals surface area (Å²) in [4.78, 5) is 28.4. The number of nitrogens with one attached hydrogen (secondary N) is 1. The Morgan fingerprint density at radius 2 is 1.66 bits per heavy atom. The van der Waals surface area contributed by atoms with Gasteiger partial charge in [0.05, 0.1) is 0 Å². The van der Waals surface area contributed by atoms with E-state index in [-0.39, 0.29) is 31.0 Å². The van der Waals surface area contributed by atoms with E-state index >= 15 is 0 Å². The first-order chi connectivity index (χ1) is 16.7. The smallest absolute Gasteiger partial charge is 0.261 e. The quantitative estimate of drug-likeness (QED) is 0.370. The van der Waals surface area contributed by atoms with Gasteiger partial charge >= 0.3 is 0 Å². The molecule has 0 aliphatic rings. The van der Waals surface area contributed by atoms with Crippen LogP contribution in [-0.2, 0) is 22.6 Å². The molecule has 3 aromatic carbocycles. The molecule has 5 nitrogen and oxygen atoms in total. The number of hydrogen-bond acceptors (Lipinski definition) is 3. The summed E-state index contributed by atoms with van der Waals surface area (Å²) < 4.78 is 5.80. The molecule has 0 fully saturated rings. The van der Waals surface area contributed by atoms with Crippen LogP contribution in [0.1, 0.15) is 30.5 Å². The second kappa shape index (κ2) is 12.6. The van der Waals surface area contributed by atoms with Crippen LogP contribution in [0.4, 0.5) is 0 Å². The van der Waals surface area contributed by atoms with Crippen molar-refractivity contribution in [1.82, 2.24) is 10.2 Å². The maximum absolute atomic E-state index is 13.5. The third-order valence-electron chi connectivity index (χ3n) is 5.44. The lowest BCUT2D eigenvalue weighted by Crippen LogP contribution is -2.52. The lowest BCUT2D eigenvalue weighted by atomic mass is 10.0. The fraction of sp³-hybridized carbons (Fsp3) is 0.286. The lowest BCUT2D eigenvalue weighted by molar-refractivity contribution is -0.143. The molecule has 3 aromatic rings. The normalized spacial score (nSPS) is 11.7. The molecular weight excluding hydrogens is 483 g/mol. The van der Waals surface area contributed by atoms with Crippen molar-refractivity contribution in [2.24, 2.45) is 0 Å². The summed E-state index contributed by atoms with van der Waals surface area (Å²) in [6.45, 7) is 5.65. The van der Waals surface area contributed by atoms with Gasteiger partial charge in [-0.2, -0.15) is 0 Å². The number of aryl methyl sites for hydroxylation is 1. The number of ether oxygens (including phenoxy) is 1. The Labute approximate surface area is 217 Å². The minimum absolute atomic E-state index is 0.0720. The average molecular weight is 513 g/mol. The molecule has 7 heteroatoms. The highest BCUT2D eigenvalue weighted by molar-refractivity contribution is 6.31. The summed E-state index contributed by atoms with van der Waals surface area (Å²) in [6, 6.07) is 21.4. The molecule has 35 heavy (non-hydrogen) atoms. The number of nitrogens with zero attached hydrogens (tertiary/aromatic N) is 1. The summed E-state index contributed by atoms with van der Waals surface area (Å²) in [5.74, 6) is 0.00758. The van der Waals surface area contributed by atoms with E-state index in [0.717, 1.165) is 16.7 Å². The highest BCUT2D eigenvalue weighted by Crippen LogP contribution is 2.22. The zero-order valence-electron chi connectivity index (χ0n) is 20.1. The Kier molecular flexibility index (Phi) is 9.58.